The van der Waals surface area contributed by atoms with Gasteiger partial charge in [-0.25, -0.2) is 0 Å². The summed E-state index contributed by atoms with van der Waals surface area (Å²) >= 11 is 5.84. The molecule has 2 rings (SSSR count). The standard InChI is InChI=1S/C11H10ClN3O/c1-7-10(13)9(12)11(16)15(14-7)8-5-3-2-4-6-8/h2-6H,13H2,1H3. The molecule has 0 bridgehead atoms. The van der Waals surface area contributed by atoms with E-state index in [2.05, 4.69) is 5.10 Å². The molecule has 0 aliphatic rings. The molecule has 1 aromatic carbocycles. The van der Waals surface area contributed by atoms with Crippen molar-refractivity contribution in [2.24, 2.45) is 0 Å². The number of nitrogen functional groups attached to an aromatic ring is 1. The molecule has 0 radical (unpaired) electrons. The van der Waals surface area contributed by atoms with Crippen LogP contribution in [0.1, 0.15) is 5.69 Å². The molecule has 0 atom stereocenters. The Kier molecular flexibility index (Phi) is 2.66. The van der Waals surface area contributed by atoms with E-state index < -0.39 is 5.56 Å². The first-order chi connectivity index (χ1) is 7.61. The van der Waals surface area contributed by atoms with Gasteiger partial charge in [-0.3, -0.25) is 4.79 Å². The maximum absolute atomic E-state index is 11.8. The monoisotopic (exact) mass is 235 g/mol. The molecule has 82 valence electrons. The third-order valence-electron chi connectivity index (χ3n) is 2.26. The van der Waals surface area contributed by atoms with E-state index in [1.165, 1.54) is 4.68 Å². The first-order valence-corrected chi connectivity index (χ1v) is 5.09. The summed E-state index contributed by atoms with van der Waals surface area (Å²) in [5.41, 5.74) is 6.65. The van der Waals surface area contributed by atoms with Crippen molar-refractivity contribution in [3.8, 4) is 5.69 Å². The van der Waals surface area contributed by atoms with Gasteiger partial charge in [-0.15, -0.1) is 0 Å². The highest BCUT2D eigenvalue weighted by Crippen LogP contribution is 2.16. The smallest absolute Gasteiger partial charge is 0.292 e. The molecular formula is C11H10ClN3O. The van der Waals surface area contributed by atoms with E-state index in [1.54, 1.807) is 19.1 Å². The van der Waals surface area contributed by atoms with Gasteiger partial charge in [-0.2, -0.15) is 9.78 Å². The molecule has 16 heavy (non-hydrogen) atoms. The number of nitrogens with two attached hydrogens (primary N) is 1. The van der Waals surface area contributed by atoms with Gasteiger partial charge in [-0.1, -0.05) is 29.8 Å². The van der Waals surface area contributed by atoms with Crippen LogP contribution in [0, 0.1) is 6.92 Å². The number of rotatable bonds is 1. The first kappa shape index (κ1) is 10.7. The van der Waals surface area contributed by atoms with Gasteiger partial charge in [0.15, 0.2) is 0 Å². The van der Waals surface area contributed by atoms with Crippen LogP contribution in [0.25, 0.3) is 5.69 Å². The zero-order chi connectivity index (χ0) is 11.7. The predicted molar refractivity (Wildman–Crippen MR) is 64.0 cm³/mol. The highest BCUT2D eigenvalue weighted by molar-refractivity contribution is 6.32. The van der Waals surface area contributed by atoms with Crippen LogP contribution >= 0.6 is 11.6 Å². The molecule has 0 amide bonds. The van der Waals surface area contributed by atoms with Crippen molar-refractivity contribution in [3.05, 3.63) is 51.4 Å². The normalized spacial score (nSPS) is 10.4. The van der Waals surface area contributed by atoms with Gasteiger partial charge in [0.1, 0.15) is 5.02 Å². The minimum atomic E-state index is -0.407. The predicted octanol–water partition coefficient (Wildman–Crippen LogP) is 1.78. The average Bonchev–Trinajstić information content (AvgIpc) is 2.32. The molecule has 2 aromatic rings. The zero-order valence-electron chi connectivity index (χ0n) is 8.64. The fourth-order valence-electron chi connectivity index (χ4n) is 1.36. The summed E-state index contributed by atoms with van der Waals surface area (Å²) in [4.78, 5) is 11.8. The third-order valence-corrected chi connectivity index (χ3v) is 2.62. The number of hydrogen-bond donors (Lipinski definition) is 1. The Morgan fingerprint density at radius 3 is 2.56 bits per heavy atom. The second kappa shape index (κ2) is 3.98. The SMILES string of the molecule is Cc1nn(-c2ccccc2)c(=O)c(Cl)c1N. The van der Waals surface area contributed by atoms with E-state index in [4.69, 9.17) is 17.3 Å². The number of benzene rings is 1. The Balaban J connectivity index is 2.73. The van der Waals surface area contributed by atoms with Gasteiger partial charge >= 0.3 is 0 Å². The molecule has 4 nitrogen and oxygen atoms in total. The molecule has 0 unspecified atom stereocenters. The van der Waals surface area contributed by atoms with E-state index in [-0.39, 0.29) is 10.7 Å². The second-order valence-electron chi connectivity index (χ2n) is 3.37. The number of anilines is 1. The zero-order valence-corrected chi connectivity index (χ0v) is 9.40. The third kappa shape index (κ3) is 1.67. The topological polar surface area (TPSA) is 60.9 Å². The molecular weight excluding hydrogens is 226 g/mol. The molecule has 2 N–H and O–H groups in total. The van der Waals surface area contributed by atoms with E-state index >= 15 is 0 Å². The summed E-state index contributed by atoms with van der Waals surface area (Å²) in [6, 6.07) is 9.06. The van der Waals surface area contributed by atoms with Crippen molar-refractivity contribution in [3.63, 3.8) is 0 Å². The lowest BCUT2D eigenvalue weighted by atomic mass is 10.3. The first-order valence-electron chi connectivity index (χ1n) is 4.71. The molecule has 5 heteroatoms. The van der Waals surface area contributed by atoms with Crippen LogP contribution in [0.2, 0.25) is 5.02 Å². The van der Waals surface area contributed by atoms with Crippen LogP contribution in [-0.2, 0) is 0 Å². The summed E-state index contributed by atoms with van der Waals surface area (Å²) in [7, 11) is 0. The maximum atomic E-state index is 11.8. The fraction of sp³-hybridized carbons (Fsp3) is 0.0909. The van der Waals surface area contributed by atoms with Crippen LogP contribution < -0.4 is 11.3 Å². The van der Waals surface area contributed by atoms with Gasteiger partial charge in [0.05, 0.1) is 17.1 Å². The van der Waals surface area contributed by atoms with Crippen molar-refractivity contribution in [1.82, 2.24) is 9.78 Å². The molecule has 0 aliphatic carbocycles. The van der Waals surface area contributed by atoms with Crippen molar-refractivity contribution >= 4 is 17.3 Å². The quantitative estimate of drug-likeness (QED) is 0.820. The van der Waals surface area contributed by atoms with Crippen LogP contribution in [0.4, 0.5) is 5.69 Å². The van der Waals surface area contributed by atoms with Crippen molar-refractivity contribution in [1.29, 1.82) is 0 Å². The number of para-hydroxylation sites is 1. The molecule has 0 saturated carbocycles. The van der Waals surface area contributed by atoms with Crippen LogP contribution in [-0.4, -0.2) is 9.78 Å². The highest BCUT2D eigenvalue weighted by atomic mass is 35.5. The molecule has 0 spiro atoms. The van der Waals surface area contributed by atoms with E-state index in [0.29, 0.717) is 11.4 Å². The van der Waals surface area contributed by atoms with E-state index in [9.17, 15) is 4.79 Å². The minimum Gasteiger partial charge on any atom is -0.396 e. The summed E-state index contributed by atoms with van der Waals surface area (Å²) < 4.78 is 1.24. The Labute approximate surface area is 97.3 Å². The molecule has 0 aliphatic heterocycles. The lowest BCUT2D eigenvalue weighted by Crippen LogP contribution is -2.24. The maximum Gasteiger partial charge on any atom is 0.292 e. The number of halogens is 1. The average molecular weight is 236 g/mol. The summed E-state index contributed by atoms with van der Waals surface area (Å²) in [6.45, 7) is 1.71. The van der Waals surface area contributed by atoms with Crippen LogP contribution in [0.15, 0.2) is 35.1 Å². The Hall–Kier alpha value is -1.81. The summed E-state index contributed by atoms with van der Waals surface area (Å²) in [5.74, 6) is 0. The van der Waals surface area contributed by atoms with E-state index in [0.717, 1.165) is 0 Å². The minimum absolute atomic E-state index is 0.0105. The summed E-state index contributed by atoms with van der Waals surface area (Å²) in [6.07, 6.45) is 0. The van der Waals surface area contributed by atoms with Crippen molar-refractivity contribution < 1.29 is 0 Å². The lowest BCUT2D eigenvalue weighted by Gasteiger charge is -2.08. The van der Waals surface area contributed by atoms with E-state index in [1.807, 2.05) is 18.2 Å². The molecule has 0 fully saturated rings. The van der Waals surface area contributed by atoms with Crippen molar-refractivity contribution in [2.75, 3.05) is 5.73 Å². The van der Waals surface area contributed by atoms with Gasteiger partial charge in [-0.05, 0) is 19.1 Å². The van der Waals surface area contributed by atoms with Crippen LogP contribution in [0.5, 0.6) is 0 Å². The Morgan fingerprint density at radius 2 is 1.94 bits per heavy atom. The number of hydrogen-bond acceptors (Lipinski definition) is 3. The highest BCUT2D eigenvalue weighted by Gasteiger charge is 2.11. The largest absolute Gasteiger partial charge is 0.396 e. The number of nitrogens with zero attached hydrogens (tertiary/aromatic N) is 2. The molecule has 1 aromatic heterocycles. The Bertz CT molecular complexity index is 578. The second-order valence-corrected chi connectivity index (χ2v) is 3.74. The van der Waals surface area contributed by atoms with Gasteiger partial charge < -0.3 is 5.73 Å². The van der Waals surface area contributed by atoms with Gasteiger partial charge in [0.25, 0.3) is 5.56 Å². The van der Waals surface area contributed by atoms with Gasteiger partial charge in [0, 0.05) is 0 Å². The lowest BCUT2D eigenvalue weighted by molar-refractivity contribution is 0.788. The van der Waals surface area contributed by atoms with Gasteiger partial charge in [0.2, 0.25) is 0 Å². The van der Waals surface area contributed by atoms with Crippen molar-refractivity contribution in [2.45, 2.75) is 6.92 Å². The Morgan fingerprint density at radius 1 is 1.31 bits per heavy atom. The molecule has 1 heterocycles. The fourth-order valence-corrected chi connectivity index (χ4v) is 1.58. The number of aromatic nitrogens is 2. The van der Waals surface area contributed by atoms with Crippen LogP contribution in [0.3, 0.4) is 0 Å². The summed E-state index contributed by atoms with van der Waals surface area (Å²) in [5, 5.41) is 4.11. The number of aryl methyl sites for hydroxylation is 1. The molecule has 0 saturated heterocycles.